The number of phenols is 2. The Morgan fingerprint density at radius 2 is 2.04 bits per heavy atom. The van der Waals surface area contributed by atoms with Gasteiger partial charge in [0.25, 0.3) is 5.91 Å². The summed E-state index contributed by atoms with van der Waals surface area (Å²) in [6.07, 6.45) is 1.02. The lowest BCUT2D eigenvalue weighted by Gasteiger charge is -2.02. The highest BCUT2D eigenvalue weighted by Gasteiger charge is 2.17. The van der Waals surface area contributed by atoms with Crippen LogP contribution in [0, 0.1) is 10.1 Å². The average Bonchev–Trinajstić information content (AvgIpc) is 2.49. The molecule has 9 heteroatoms. The Bertz CT molecular complexity index is 807. The number of carbonyl (C=O) groups excluding carboxylic acids is 1. The number of nitro groups is 1. The Balaban J connectivity index is 2.18. The lowest BCUT2D eigenvalue weighted by atomic mass is 10.2. The summed E-state index contributed by atoms with van der Waals surface area (Å²) in [6, 6.07) is 7.86. The van der Waals surface area contributed by atoms with Crippen molar-refractivity contribution >= 4 is 29.4 Å². The summed E-state index contributed by atoms with van der Waals surface area (Å²) in [5.74, 6) is -1.30. The summed E-state index contributed by atoms with van der Waals surface area (Å²) in [5, 5.41) is 33.5. The second kappa shape index (κ2) is 6.75. The van der Waals surface area contributed by atoms with E-state index in [0.29, 0.717) is 0 Å². The number of hydrogen-bond acceptors (Lipinski definition) is 6. The first-order valence-electron chi connectivity index (χ1n) is 6.18. The fourth-order valence-corrected chi connectivity index (χ4v) is 1.94. The van der Waals surface area contributed by atoms with Gasteiger partial charge in [0.15, 0.2) is 0 Å². The molecule has 0 aliphatic heterocycles. The Kier molecular flexibility index (Phi) is 4.77. The van der Waals surface area contributed by atoms with E-state index in [9.17, 15) is 25.1 Å². The van der Waals surface area contributed by atoms with Crippen molar-refractivity contribution < 1.29 is 19.9 Å². The van der Waals surface area contributed by atoms with Crippen LogP contribution in [0.15, 0.2) is 41.5 Å². The summed E-state index contributed by atoms with van der Waals surface area (Å²) < 4.78 is 0. The number of hydrogen-bond donors (Lipinski definition) is 3. The van der Waals surface area contributed by atoms with Gasteiger partial charge in [-0.1, -0.05) is 17.7 Å². The molecule has 0 spiro atoms. The van der Waals surface area contributed by atoms with Crippen molar-refractivity contribution in [3.05, 3.63) is 62.7 Å². The molecule has 118 valence electrons. The monoisotopic (exact) mass is 335 g/mol. The van der Waals surface area contributed by atoms with Crippen molar-refractivity contribution in [2.75, 3.05) is 0 Å². The molecule has 0 saturated carbocycles. The number of amides is 1. The maximum atomic E-state index is 11.8. The van der Waals surface area contributed by atoms with Gasteiger partial charge < -0.3 is 10.2 Å². The molecule has 0 radical (unpaired) electrons. The number of phenolic OH excluding ortho intramolecular Hbond substituents is 2. The van der Waals surface area contributed by atoms with Crippen LogP contribution in [-0.4, -0.2) is 27.3 Å². The molecule has 8 nitrogen and oxygen atoms in total. The Morgan fingerprint density at radius 1 is 1.30 bits per heavy atom. The van der Waals surface area contributed by atoms with Crippen molar-refractivity contribution in [1.82, 2.24) is 5.43 Å². The molecule has 23 heavy (non-hydrogen) atoms. The summed E-state index contributed by atoms with van der Waals surface area (Å²) in [5.41, 5.74) is 1.74. The summed E-state index contributed by atoms with van der Waals surface area (Å²) in [4.78, 5) is 21.8. The number of benzene rings is 2. The second-order valence-corrected chi connectivity index (χ2v) is 4.81. The van der Waals surface area contributed by atoms with Gasteiger partial charge in [-0.15, -0.1) is 0 Å². The molecule has 0 saturated heterocycles. The number of hydrazone groups is 1. The first-order chi connectivity index (χ1) is 10.9. The number of nitrogens with zero attached hydrogens (tertiary/aromatic N) is 2. The molecule has 0 atom stereocenters. The van der Waals surface area contributed by atoms with Gasteiger partial charge >= 0.3 is 5.69 Å². The molecule has 1 amide bonds. The minimum absolute atomic E-state index is 0.0274. The molecule has 2 rings (SSSR count). The molecule has 0 heterocycles. The van der Waals surface area contributed by atoms with E-state index in [1.807, 2.05) is 0 Å². The van der Waals surface area contributed by atoms with Crippen LogP contribution < -0.4 is 5.43 Å². The fraction of sp³-hybridized carbons (Fsp3) is 0. The van der Waals surface area contributed by atoms with Crippen molar-refractivity contribution in [3.63, 3.8) is 0 Å². The minimum atomic E-state index is -0.788. The molecule has 0 aromatic heterocycles. The van der Waals surface area contributed by atoms with E-state index < -0.39 is 22.3 Å². The maximum absolute atomic E-state index is 11.8. The van der Waals surface area contributed by atoms with Gasteiger partial charge in [0.1, 0.15) is 5.75 Å². The van der Waals surface area contributed by atoms with Gasteiger partial charge in [-0.05, 0) is 24.3 Å². The van der Waals surface area contributed by atoms with Crippen molar-refractivity contribution in [2.24, 2.45) is 5.10 Å². The summed E-state index contributed by atoms with van der Waals surface area (Å²) in [7, 11) is 0. The van der Waals surface area contributed by atoms with E-state index in [0.717, 1.165) is 12.3 Å². The molecule has 2 aromatic rings. The van der Waals surface area contributed by atoms with Crippen LogP contribution in [0.1, 0.15) is 15.9 Å². The lowest BCUT2D eigenvalue weighted by Crippen LogP contribution is -2.17. The van der Waals surface area contributed by atoms with Crippen molar-refractivity contribution in [1.29, 1.82) is 0 Å². The molecule has 0 bridgehead atoms. The smallest absolute Gasteiger partial charge is 0.312 e. The van der Waals surface area contributed by atoms with Gasteiger partial charge in [0.2, 0.25) is 5.75 Å². The standard InChI is InChI=1S/C14H10ClN3O5/c15-10-4-9(13(20)12(6-10)18(22)23)7-16-17-14(21)8-2-1-3-11(19)5-8/h1-7,19-20H,(H,17,21)/b16-7+. The van der Waals surface area contributed by atoms with Crippen LogP contribution in [-0.2, 0) is 0 Å². The van der Waals surface area contributed by atoms with Gasteiger partial charge in [-0.2, -0.15) is 5.10 Å². The van der Waals surface area contributed by atoms with Crippen LogP contribution in [0.4, 0.5) is 5.69 Å². The second-order valence-electron chi connectivity index (χ2n) is 4.37. The molecular formula is C14H10ClN3O5. The first-order valence-corrected chi connectivity index (χ1v) is 6.55. The maximum Gasteiger partial charge on any atom is 0.312 e. The average molecular weight is 336 g/mol. The third-order valence-corrected chi connectivity index (χ3v) is 2.98. The van der Waals surface area contributed by atoms with Crippen molar-refractivity contribution in [2.45, 2.75) is 0 Å². The number of nitro benzene ring substituents is 1. The first kappa shape index (κ1) is 16.2. The minimum Gasteiger partial charge on any atom is -0.508 e. The molecular weight excluding hydrogens is 326 g/mol. The van der Waals surface area contributed by atoms with Gasteiger partial charge in [0.05, 0.1) is 11.1 Å². The third kappa shape index (κ3) is 3.95. The SMILES string of the molecule is O=C(N/N=C/c1cc(Cl)cc([N+](=O)[O-])c1O)c1cccc(O)c1. The zero-order valence-corrected chi connectivity index (χ0v) is 12.2. The Labute approximate surface area is 134 Å². The number of halogens is 1. The molecule has 3 N–H and O–H groups in total. The Hall–Kier alpha value is -3.13. The molecule has 0 aliphatic carbocycles. The quantitative estimate of drug-likeness (QED) is 0.449. The van der Waals surface area contributed by atoms with Gasteiger partial charge in [0, 0.05) is 22.2 Å². The fourth-order valence-electron chi connectivity index (χ4n) is 1.72. The van der Waals surface area contributed by atoms with E-state index in [4.69, 9.17) is 11.6 Å². The summed E-state index contributed by atoms with van der Waals surface area (Å²) in [6.45, 7) is 0. The van der Waals surface area contributed by atoms with Crippen LogP contribution in [0.25, 0.3) is 0 Å². The molecule has 0 aliphatic rings. The van der Waals surface area contributed by atoms with Gasteiger partial charge in [-0.25, -0.2) is 5.43 Å². The highest BCUT2D eigenvalue weighted by Crippen LogP contribution is 2.32. The Morgan fingerprint density at radius 3 is 2.70 bits per heavy atom. The van der Waals surface area contributed by atoms with Crippen LogP contribution >= 0.6 is 11.6 Å². The highest BCUT2D eigenvalue weighted by molar-refractivity contribution is 6.31. The predicted molar refractivity (Wildman–Crippen MR) is 82.9 cm³/mol. The van der Waals surface area contributed by atoms with Gasteiger partial charge in [-0.3, -0.25) is 14.9 Å². The highest BCUT2D eigenvalue weighted by atomic mass is 35.5. The van der Waals surface area contributed by atoms with Crippen LogP contribution in [0.2, 0.25) is 5.02 Å². The third-order valence-electron chi connectivity index (χ3n) is 2.76. The molecule has 0 unspecified atom stereocenters. The molecule has 2 aromatic carbocycles. The lowest BCUT2D eigenvalue weighted by molar-refractivity contribution is -0.385. The van der Waals surface area contributed by atoms with Crippen LogP contribution in [0.5, 0.6) is 11.5 Å². The predicted octanol–water partition coefficient (Wildman–Crippen LogP) is 2.42. The number of rotatable bonds is 4. The number of carbonyl (C=O) groups is 1. The molecule has 0 fully saturated rings. The number of aromatic hydroxyl groups is 2. The van der Waals surface area contributed by atoms with E-state index in [1.165, 1.54) is 30.3 Å². The zero-order chi connectivity index (χ0) is 17.0. The topological polar surface area (TPSA) is 125 Å². The van der Waals surface area contributed by atoms with E-state index in [-0.39, 0.29) is 21.9 Å². The zero-order valence-electron chi connectivity index (χ0n) is 11.4. The summed E-state index contributed by atoms with van der Waals surface area (Å²) >= 11 is 5.73. The van der Waals surface area contributed by atoms with Crippen molar-refractivity contribution in [3.8, 4) is 11.5 Å². The van der Waals surface area contributed by atoms with E-state index >= 15 is 0 Å². The van der Waals surface area contributed by atoms with E-state index in [1.54, 1.807) is 0 Å². The van der Waals surface area contributed by atoms with E-state index in [2.05, 4.69) is 10.5 Å². The number of nitrogens with one attached hydrogen (secondary N) is 1. The normalized spacial score (nSPS) is 10.7. The van der Waals surface area contributed by atoms with Crippen LogP contribution in [0.3, 0.4) is 0 Å². The largest absolute Gasteiger partial charge is 0.508 e.